The Morgan fingerprint density at radius 2 is 1.96 bits per heavy atom. The Labute approximate surface area is 140 Å². The van der Waals surface area contributed by atoms with Crippen LogP contribution in [0.5, 0.6) is 5.75 Å². The number of aliphatic hydroxyl groups excluding tert-OH is 1. The zero-order valence-corrected chi connectivity index (χ0v) is 13.8. The monoisotopic (exact) mass is 334 g/mol. The number of carbonyl (C=O) groups excluding carboxylic acids is 1. The number of hydrogen-bond acceptors (Lipinski definition) is 4. The Morgan fingerprint density at radius 3 is 2.57 bits per heavy atom. The summed E-state index contributed by atoms with van der Waals surface area (Å²) in [6, 6.07) is 12.2. The summed E-state index contributed by atoms with van der Waals surface area (Å²) in [6.07, 6.45) is 0. The molecule has 122 valence electrons. The number of nitrogens with zero attached hydrogens (tertiary/aromatic N) is 1. The lowest BCUT2D eigenvalue weighted by atomic mass is 10.1. The van der Waals surface area contributed by atoms with E-state index in [2.05, 4.69) is 5.32 Å². The molecule has 2 N–H and O–H groups in total. The molecule has 0 spiro atoms. The first kappa shape index (κ1) is 17.1. The van der Waals surface area contributed by atoms with Gasteiger partial charge in [0.2, 0.25) is 0 Å². The second-order valence-corrected chi connectivity index (χ2v) is 5.43. The van der Waals surface area contributed by atoms with Gasteiger partial charge < -0.3 is 20.1 Å². The van der Waals surface area contributed by atoms with Crippen LogP contribution in [0.15, 0.2) is 42.5 Å². The van der Waals surface area contributed by atoms with Gasteiger partial charge in [-0.25, -0.2) is 0 Å². The van der Waals surface area contributed by atoms with Crippen LogP contribution in [-0.2, 0) is 0 Å². The molecule has 0 atom stereocenters. The average Bonchev–Trinajstić information content (AvgIpc) is 2.55. The third-order valence-corrected chi connectivity index (χ3v) is 3.64. The fourth-order valence-electron chi connectivity index (χ4n) is 2.13. The minimum Gasteiger partial charge on any atom is -0.496 e. The van der Waals surface area contributed by atoms with Crippen LogP contribution in [-0.4, -0.2) is 38.3 Å². The average molecular weight is 335 g/mol. The smallest absolute Gasteiger partial charge is 0.259 e. The third kappa shape index (κ3) is 4.37. The van der Waals surface area contributed by atoms with E-state index in [-0.39, 0.29) is 12.5 Å². The van der Waals surface area contributed by atoms with Gasteiger partial charge in [0.15, 0.2) is 0 Å². The van der Waals surface area contributed by atoms with Crippen molar-refractivity contribution in [3.8, 4) is 5.75 Å². The van der Waals surface area contributed by atoms with Crippen molar-refractivity contribution in [2.75, 3.05) is 37.5 Å². The van der Waals surface area contributed by atoms with Crippen LogP contribution in [0.25, 0.3) is 0 Å². The van der Waals surface area contributed by atoms with E-state index < -0.39 is 0 Å². The van der Waals surface area contributed by atoms with E-state index in [0.717, 1.165) is 5.69 Å². The molecule has 2 aromatic rings. The normalized spacial score (nSPS) is 10.3. The minimum absolute atomic E-state index is 0.0886. The highest BCUT2D eigenvalue weighted by atomic mass is 35.5. The second kappa shape index (κ2) is 7.85. The van der Waals surface area contributed by atoms with Crippen molar-refractivity contribution in [3.63, 3.8) is 0 Å². The third-order valence-electron chi connectivity index (χ3n) is 3.41. The van der Waals surface area contributed by atoms with Crippen molar-refractivity contribution >= 4 is 28.9 Å². The maximum Gasteiger partial charge on any atom is 0.259 e. The van der Waals surface area contributed by atoms with Crippen molar-refractivity contribution in [3.05, 3.63) is 53.1 Å². The molecule has 23 heavy (non-hydrogen) atoms. The van der Waals surface area contributed by atoms with Gasteiger partial charge in [-0.2, -0.15) is 0 Å². The number of hydrogen-bond donors (Lipinski definition) is 2. The Bertz CT molecular complexity index is 674. The number of nitrogens with one attached hydrogen (secondary N) is 1. The molecule has 0 aliphatic carbocycles. The molecule has 0 aromatic heterocycles. The number of ether oxygens (including phenoxy) is 1. The van der Waals surface area contributed by atoms with Gasteiger partial charge in [-0.3, -0.25) is 4.79 Å². The van der Waals surface area contributed by atoms with Crippen LogP contribution in [0.1, 0.15) is 10.4 Å². The Kier molecular flexibility index (Phi) is 5.84. The number of carbonyl (C=O) groups is 1. The van der Waals surface area contributed by atoms with Crippen molar-refractivity contribution in [1.29, 1.82) is 0 Å². The summed E-state index contributed by atoms with van der Waals surface area (Å²) in [5, 5.41) is 12.3. The number of halogens is 1. The first-order valence-corrected chi connectivity index (χ1v) is 7.50. The SMILES string of the molecule is COc1cc(Cl)ccc1C(=O)Nc1ccc(N(C)CCO)cc1. The van der Waals surface area contributed by atoms with Gasteiger partial charge in [0.05, 0.1) is 19.3 Å². The first-order chi connectivity index (χ1) is 11.0. The van der Waals surface area contributed by atoms with Crippen LogP contribution in [0.3, 0.4) is 0 Å². The molecular formula is C17H19ClN2O3. The highest BCUT2D eigenvalue weighted by molar-refractivity contribution is 6.31. The van der Waals surface area contributed by atoms with Crippen LogP contribution in [0.2, 0.25) is 5.02 Å². The van der Waals surface area contributed by atoms with E-state index in [0.29, 0.717) is 28.6 Å². The predicted molar refractivity (Wildman–Crippen MR) is 92.8 cm³/mol. The van der Waals surface area contributed by atoms with E-state index in [1.54, 1.807) is 18.2 Å². The Hall–Kier alpha value is -2.24. The number of methoxy groups -OCH3 is 1. The van der Waals surface area contributed by atoms with Gasteiger partial charge in [0, 0.05) is 30.0 Å². The van der Waals surface area contributed by atoms with Gasteiger partial charge >= 0.3 is 0 Å². The van der Waals surface area contributed by atoms with Crippen molar-refractivity contribution in [1.82, 2.24) is 0 Å². The fourth-order valence-corrected chi connectivity index (χ4v) is 2.29. The highest BCUT2D eigenvalue weighted by Crippen LogP contribution is 2.24. The van der Waals surface area contributed by atoms with Crippen LogP contribution in [0, 0.1) is 0 Å². The molecule has 0 saturated carbocycles. The molecule has 6 heteroatoms. The quantitative estimate of drug-likeness (QED) is 0.852. The number of amides is 1. The molecule has 0 fully saturated rings. The van der Waals surface area contributed by atoms with Gasteiger partial charge in [-0.15, -0.1) is 0 Å². The molecule has 0 heterocycles. The van der Waals surface area contributed by atoms with E-state index in [4.69, 9.17) is 21.4 Å². The predicted octanol–water partition coefficient (Wildman–Crippen LogP) is 3.03. The maximum absolute atomic E-state index is 12.3. The molecule has 5 nitrogen and oxygen atoms in total. The molecule has 0 saturated heterocycles. The molecule has 0 aliphatic rings. The van der Waals surface area contributed by atoms with Gasteiger partial charge in [-0.1, -0.05) is 11.6 Å². The molecule has 2 aromatic carbocycles. The highest BCUT2D eigenvalue weighted by Gasteiger charge is 2.13. The molecule has 0 bridgehead atoms. The maximum atomic E-state index is 12.3. The zero-order valence-electron chi connectivity index (χ0n) is 13.0. The molecule has 0 unspecified atom stereocenters. The summed E-state index contributed by atoms with van der Waals surface area (Å²) in [5.74, 6) is 0.157. The number of likely N-dealkylation sites (N-methyl/N-ethyl adjacent to an activating group) is 1. The van der Waals surface area contributed by atoms with E-state index in [1.807, 2.05) is 36.2 Å². The van der Waals surface area contributed by atoms with Crippen molar-refractivity contribution < 1.29 is 14.6 Å². The second-order valence-electron chi connectivity index (χ2n) is 4.99. The summed E-state index contributed by atoms with van der Waals surface area (Å²) in [7, 11) is 3.39. The number of rotatable bonds is 6. The minimum atomic E-state index is -0.269. The van der Waals surface area contributed by atoms with Crippen LogP contribution >= 0.6 is 11.6 Å². The number of aliphatic hydroxyl groups is 1. The van der Waals surface area contributed by atoms with E-state index in [1.165, 1.54) is 7.11 Å². The summed E-state index contributed by atoms with van der Waals surface area (Å²) >= 11 is 5.90. The Balaban J connectivity index is 2.11. The topological polar surface area (TPSA) is 61.8 Å². The zero-order chi connectivity index (χ0) is 16.8. The standard InChI is InChI=1S/C17H19ClN2O3/c1-20(9-10-21)14-6-4-13(5-7-14)19-17(22)15-8-3-12(18)11-16(15)23-2/h3-8,11,21H,9-10H2,1-2H3,(H,19,22). The van der Waals surface area contributed by atoms with Crippen LogP contribution in [0.4, 0.5) is 11.4 Å². The summed E-state index contributed by atoms with van der Waals surface area (Å²) in [4.78, 5) is 14.3. The summed E-state index contributed by atoms with van der Waals surface area (Å²) in [5.41, 5.74) is 2.05. The summed E-state index contributed by atoms with van der Waals surface area (Å²) < 4.78 is 5.19. The van der Waals surface area contributed by atoms with Gasteiger partial charge in [-0.05, 0) is 42.5 Å². The lowest BCUT2D eigenvalue weighted by Crippen LogP contribution is -2.21. The fraction of sp³-hybridized carbons (Fsp3) is 0.235. The largest absolute Gasteiger partial charge is 0.496 e. The van der Waals surface area contributed by atoms with Gasteiger partial charge in [0.25, 0.3) is 5.91 Å². The molecule has 0 aliphatic heterocycles. The lowest BCUT2D eigenvalue weighted by Gasteiger charge is -2.18. The van der Waals surface area contributed by atoms with Crippen molar-refractivity contribution in [2.24, 2.45) is 0 Å². The molecule has 2 rings (SSSR count). The van der Waals surface area contributed by atoms with Crippen molar-refractivity contribution in [2.45, 2.75) is 0 Å². The summed E-state index contributed by atoms with van der Waals surface area (Å²) in [6.45, 7) is 0.638. The first-order valence-electron chi connectivity index (χ1n) is 7.12. The molecule has 1 amide bonds. The number of benzene rings is 2. The molecule has 0 radical (unpaired) electrons. The van der Waals surface area contributed by atoms with Gasteiger partial charge in [0.1, 0.15) is 5.75 Å². The van der Waals surface area contributed by atoms with E-state index in [9.17, 15) is 4.79 Å². The van der Waals surface area contributed by atoms with Crippen LogP contribution < -0.4 is 15.0 Å². The number of anilines is 2. The molecular weight excluding hydrogens is 316 g/mol. The van der Waals surface area contributed by atoms with E-state index >= 15 is 0 Å². The lowest BCUT2D eigenvalue weighted by molar-refractivity contribution is 0.102. The Morgan fingerprint density at radius 1 is 1.26 bits per heavy atom.